The van der Waals surface area contributed by atoms with Gasteiger partial charge in [-0.25, -0.2) is 0 Å². The molecule has 0 aliphatic heterocycles. The van der Waals surface area contributed by atoms with E-state index in [0.717, 1.165) is 27.1 Å². The van der Waals surface area contributed by atoms with E-state index in [0.29, 0.717) is 0 Å². The summed E-state index contributed by atoms with van der Waals surface area (Å²) in [5, 5.41) is 3.50. The molecule has 1 aliphatic carbocycles. The Morgan fingerprint density at radius 2 is 1.65 bits per heavy atom. The summed E-state index contributed by atoms with van der Waals surface area (Å²) < 4.78 is 2.19. The van der Waals surface area contributed by atoms with Gasteiger partial charge in [-0.15, -0.1) is 0 Å². The zero-order valence-corrected chi connectivity index (χ0v) is 14.6. The maximum absolute atomic E-state index is 3.62. The molecule has 0 spiro atoms. The predicted molar refractivity (Wildman–Crippen MR) is 92.3 cm³/mol. The highest BCUT2D eigenvalue weighted by Crippen LogP contribution is 2.40. The van der Waals surface area contributed by atoms with Crippen LogP contribution < -0.4 is 5.32 Å². The third kappa shape index (κ3) is 3.26. The number of nitrogens with one attached hydrogen (secondary N) is 1. The van der Waals surface area contributed by atoms with Crippen molar-refractivity contribution in [2.45, 2.75) is 32.2 Å². The Hall–Kier alpha value is -0.800. The summed E-state index contributed by atoms with van der Waals surface area (Å²) in [5.74, 6) is 0.831. The second-order valence-corrected chi connectivity index (χ2v) is 7.18. The molecule has 0 heterocycles. The molecule has 104 valence electrons. The van der Waals surface area contributed by atoms with Gasteiger partial charge in [-0.1, -0.05) is 24.3 Å². The minimum Gasteiger partial charge on any atom is -0.379 e. The van der Waals surface area contributed by atoms with Crippen LogP contribution in [-0.4, -0.2) is 0 Å². The number of aryl methyl sites for hydroxylation is 1. The van der Waals surface area contributed by atoms with Crippen molar-refractivity contribution in [2.24, 2.45) is 0 Å². The van der Waals surface area contributed by atoms with Crippen LogP contribution in [0.25, 0.3) is 0 Å². The molecule has 0 bridgehead atoms. The molecule has 3 heteroatoms. The van der Waals surface area contributed by atoms with Gasteiger partial charge >= 0.3 is 0 Å². The van der Waals surface area contributed by atoms with E-state index in [1.54, 1.807) is 0 Å². The van der Waals surface area contributed by atoms with Crippen LogP contribution in [-0.2, 0) is 6.54 Å². The van der Waals surface area contributed by atoms with Gasteiger partial charge in [0.2, 0.25) is 0 Å². The van der Waals surface area contributed by atoms with Crippen molar-refractivity contribution in [1.29, 1.82) is 0 Å². The van der Waals surface area contributed by atoms with E-state index in [9.17, 15) is 0 Å². The molecule has 0 radical (unpaired) electrons. The maximum atomic E-state index is 3.62. The first-order valence-electron chi connectivity index (χ1n) is 6.92. The van der Waals surface area contributed by atoms with Gasteiger partial charge in [0.25, 0.3) is 0 Å². The number of rotatable bonds is 4. The van der Waals surface area contributed by atoms with Gasteiger partial charge in [0.1, 0.15) is 0 Å². The smallest absolute Gasteiger partial charge is 0.0631 e. The predicted octanol–water partition coefficient (Wildman–Crippen LogP) is 6.01. The molecule has 3 rings (SSSR count). The van der Waals surface area contributed by atoms with E-state index in [-0.39, 0.29) is 0 Å². The molecule has 1 saturated carbocycles. The Morgan fingerprint density at radius 1 is 1.05 bits per heavy atom. The van der Waals surface area contributed by atoms with Gasteiger partial charge in [0, 0.05) is 15.5 Å². The first-order chi connectivity index (χ1) is 9.63. The van der Waals surface area contributed by atoms with Crippen molar-refractivity contribution < 1.29 is 0 Å². The minimum atomic E-state index is 0.831. The zero-order valence-electron chi connectivity index (χ0n) is 11.4. The van der Waals surface area contributed by atoms with Gasteiger partial charge in [-0.05, 0) is 86.4 Å². The molecular formula is C17H17Br2N. The lowest BCUT2D eigenvalue weighted by Gasteiger charge is -2.12. The van der Waals surface area contributed by atoms with Crippen molar-refractivity contribution in [1.82, 2.24) is 0 Å². The molecular weight excluding hydrogens is 378 g/mol. The fourth-order valence-corrected chi connectivity index (χ4v) is 4.08. The molecule has 0 saturated heterocycles. The Morgan fingerprint density at radius 3 is 2.20 bits per heavy atom. The largest absolute Gasteiger partial charge is 0.379 e. The second-order valence-electron chi connectivity index (χ2n) is 5.47. The van der Waals surface area contributed by atoms with Crippen molar-refractivity contribution >= 4 is 37.5 Å². The molecule has 2 aromatic rings. The quantitative estimate of drug-likeness (QED) is 0.669. The number of hydrogen-bond donors (Lipinski definition) is 1. The monoisotopic (exact) mass is 393 g/mol. The molecule has 0 unspecified atom stereocenters. The minimum absolute atomic E-state index is 0.831. The van der Waals surface area contributed by atoms with Gasteiger partial charge < -0.3 is 5.32 Å². The molecule has 2 aromatic carbocycles. The number of hydrogen-bond acceptors (Lipinski definition) is 1. The van der Waals surface area contributed by atoms with Crippen molar-refractivity contribution in [2.75, 3.05) is 5.32 Å². The van der Waals surface area contributed by atoms with E-state index in [2.05, 4.69) is 80.5 Å². The first-order valence-corrected chi connectivity index (χ1v) is 8.50. The number of benzene rings is 2. The van der Waals surface area contributed by atoms with E-state index in [4.69, 9.17) is 0 Å². The molecule has 0 aromatic heterocycles. The van der Waals surface area contributed by atoms with E-state index in [1.807, 2.05) is 0 Å². The average molecular weight is 395 g/mol. The van der Waals surface area contributed by atoms with Crippen LogP contribution in [0.3, 0.4) is 0 Å². The highest BCUT2D eigenvalue weighted by Gasteiger charge is 2.22. The zero-order chi connectivity index (χ0) is 14.1. The SMILES string of the molecule is Cc1cc(Br)c(NCc2ccc(C3CC3)cc2)c(Br)c1. The lowest BCUT2D eigenvalue weighted by molar-refractivity contribution is 1.10. The fraction of sp³-hybridized carbons (Fsp3) is 0.294. The lowest BCUT2D eigenvalue weighted by atomic mass is 10.1. The molecule has 1 nitrogen and oxygen atoms in total. The third-order valence-corrected chi connectivity index (χ3v) is 4.94. The van der Waals surface area contributed by atoms with Gasteiger partial charge in [0.05, 0.1) is 5.69 Å². The van der Waals surface area contributed by atoms with Gasteiger partial charge in [-0.2, -0.15) is 0 Å². The molecule has 20 heavy (non-hydrogen) atoms. The van der Waals surface area contributed by atoms with Gasteiger partial charge in [0.15, 0.2) is 0 Å². The Balaban J connectivity index is 1.69. The van der Waals surface area contributed by atoms with E-state index < -0.39 is 0 Å². The average Bonchev–Trinajstić information content (AvgIpc) is 3.22. The normalized spacial score (nSPS) is 14.3. The summed E-state index contributed by atoms with van der Waals surface area (Å²) in [5.41, 5.74) is 5.16. The van der Waals surface area contributed by atoms with Crippen LogP contribution in [0.15, 0.2) is 45.3 Å². The number of halogens is 2. The Kier molecular flexibility index (Phi) is 4.18. The number of anilines is 1. The van der Waals surface area contributed by atoms with Crippen LogP contribution in [0.1, 0.15) is 35.4 Å². The molecule has 1 aliphatic rings. The van der Waals surface area contributed by atoms with Crippen LogP contribution in [0.5, 0.6) is 0 Å². The summed E-state index contributed by atoms with van der Waals surface area (Å²) in [7, 11) is 0. The Bertz CT molecular complexity index is 592. The molecule has 1 fully saturated rings. The van der Waals surface area contributed by atoms with Crippen molar-refractivity contribution in [3.05, 3.63) is 62.0 Å². The summed E-state index contributed by atoms with van der Waals surface area (Å²) >= 11 is 7.24. The summed E-state index contributed by atoms with van der Waals surface area (Å²) in [4.78, 5) is 0. The second kappa shape index (κ2) is 5.90. The first kappa shape index (κ1) is 14.2. The van der Waals surface area contributed by atoms with E-state index >= 15 is 0 Å². The summed E-state index contributed by atoms with van der Waals surface area (Å²) in [6, 6.07) is 13.3. The lowest BCUT2D eigenvalue weighted by Crippen LogP contribution is -2.01. The third-order valence-electron chi connectivity index (χ3n) is 3.68. The topological polar surface area (TPSA) is 12.0 Å². The van der Waals surface area contributed by atoms with Gasteiger partial charge in [-0.3, -0.25) is 0 Å². The summed E-state index contributed by atoms with van der Waals surface area (Å²) in [6.07, 6.45) is 2.72. The molecule has 0 atom stereocenters. The Labute approximate surface area is 137 Å². The molecule has 0 amide bonds. The van der Waals surface area contributed by atoms with Crippen molar-refractivity contribution in [3.63, 3.8) is 0 Å². The van der Waals surface area contributed by atoms with E-state index in [1.165, 1.54) is 29.5 Å². The van der Waals surface area contributed by atoms with Crippen molar-refractivity contribution in [3.8, 4) is 0 Å². The van der Waals surface area contributed by atoms with Crippen LogP contribution >= 0.6 is 31.9 Å². The highest BCUT2D eigenvalue weighted by atomic mass is 79.9. The molecule has 1 N–H and O–H groups in total. The summed E-state index contributed by atoms with van der Waals surface area (Å²) in [6.45, 7) is 2.93. The van der Waals surface area contributed by atoms with Crippen LogP contribution in [0.4, 0.5) is 5.69 Å². The van der Waals surface area contributed by atoms with Crippen LogP contribution in [0.2, 0.25) is 0 Å². The highest BCUT2D eigenvalue weighted by molar-refractivity contribution is 9.11. The van der Waals surface area contributed by atoms with Crippen LogP contribution in [0, 0.1) is 6.92 Å². The fourth-order valence-electron chi connectivity index (χ4n) is 2.38. The maximum Gasteiger partial charge on any atom is 0.0631 e. The standard InChI is InChI=1S/C17H17Br2N/c1-11-8-15(18)17(16(19)9-11)20-10-12-2-4-13(5-3-12)14-6-7-14/h2-5,8-9,14,20H,6-7,10H2,1H3.